The molecule has 3 rings (SSSR count). The van der Waals surface area contributed by atoms with Crippen molar-refractivity contribution in [3.8, 4) is 11.5 Å². The van der Waals surface area contributed by atoms with Gasteiger partial charge in [0.2, 0.25) is 5.91 Å². The van der Waals surface area contributed by atoms with Crippen molar-refractivity contribution in [1.82, 2.24) is 10.2 Å². The van der Waals surface area contributed by atoms with E-state index in [0.29, 0.717) is 29.0 Å². The van der Waals surface area contributed by atoms with Crippen molar-refractivity contribution >= 4 is 11.8 Å². The number of methoxy groups -OCH3 is 2. The van der Waals surface area contributed by atoms with Crippen LogP contribution in [0.1, 0.15) is 49.4 Å². The monoisotopic (exact) mass is 360 g/mol. The number of carbonyl (C=O) groups excluding carboxylic acids is 2. The lowest BCUT2D eigenvalue weighted by atomic mass is 9.85. The highest BCUT2D eigenvalue weighted by Crippen LogP contribution is 2.39. The molecule has 6 nitrogen and oxygen atoms in total. The first kappa shape index (κ1) is 18.5. The lowest BCUT2D eigenvalue weighted by Gasteiger charge is -2.33. The molecule has 142 valence electrons. The molecular formula is C20H28N2O4. The molecule has 0 unspecified atom stereocenters. The lowest BCUT2D eigenvalue weighted by molar-refractivity contribution is -0.133. The molecule has 1 aliphatic heterocycles. The molecule has 1 saturated carbocycles. The summed E-state index contributed by atoms with van der Waals surface area (Å²) in [5.74, 6) is 1.41. The van der Waals surface area contributed by atoms with E-state index in [4.69, 9.17) is 9.47 Å². The third-order valence-corrected chi connectivity index (χ3v) is 5.68. The van der Waals surface area contributed by atoms with Crippen molar-refractivity contribution in [1.29, 1.82) is 0 Å². The molecule has 2 amide bonds. The quantitative estimate of drug-likeness (QED) is 0.876. The number of nitrogens with one attached hydrogen (secondary N) is 1. The summed E-state index contributed by atoms with van der Waals surface area (Å²) in [5, 5.41) is 2.75. The van der Waals surface area contributed by atoms with Crippen molar-refractivity contribution in [2.75, 3.05) is 20.8 Å². The summed E-state index contributed by atoms with van der Waals surface area (Å²) < 4.78 is 10.4. The summed E-state index contributed by atoms with van der Waals surface area (Å²) in [7, 11) is 3.07. The minimum atomic E-state index is -0.286. The van der Waals surface area contributed by atoms with Gasteiger partial charge in [-0.15, -0.1) is 0 Å². The normalized spacial score (nSPS) is 24.7. The Morgan fingerprint density at radius 2 is 1.88 bits per heavy atom. The van der Waals surface area contributed by atoms with Gasteiger partial charge in [0.25, 0.3) is 5.91 Å². The molecule has 1 aromatic carbocycles. The molecule has 0 bridgehead atoms. The van der Waals surface area contributed by atoms with Crippen LogP contribution in [0.5, 0.6) is 11.5 Å². The van der Waals surface area contributed by atoms with E-state index < -0.39 is 0 Å². The molecule has 3 atom stereocenters. The van der Waals surface area contributed by atoms with Crippen molar-refractivity contribution in [3.63, 3.8) is 0 Å². The number of hydrogen-bond donors (Lipinski definition) is 1. The first-order valence-corrected chi connectivity index (χ1v) is 9.36. The maximum Gasteiger partial charge on any atom is 0.251 e. The van der Waals surface area contributed by atoms with Gasteiger partial charge in [0, 0.05) is 17.6 Å². The number of nitrogens with zero attached hydrogens (tertiary/aromatic N) is 1. The van der Waals surface area contributed by atoms with Gasteiger partial charge in [0.05, 0.1) is 20.8 Å². The van der Waals surface area contributed by atoms with Gasteiger partial charge in [0.1, 0.15) is 0 Å². The highest BCUT2D eigenvalue weighted by molar-refractivity contribution is 5.97. The van der Waals surface area contributed by atoms with Gasteiger partial charge >= 0.3 is 0 Å². The van der Waals surface area contributed by atoms with Crippen LogP contribution in [-0.4, -0.2) is 49.6 Å². The zero-order valence-corrected chi connectivity index (χ0v) is 15.8. The van der Waals surface area contributed by atoms with Crippen LogP contribution in [-0.2, 0) is 4.79 Å². The highest BCUT2D eigenvalue weighted by atomic mass is 16.5. The fourth-order valence-corrected chi connectivity index (χ4v) is 4.47. The Balaban J connectivity index is 1.61. The second-order valence-electron chi connectivity index (χ2n) is 7.25. The second kappa shape index (κ2) is 7.98. The van der Waals surface area contributed by atoms with E-state index in [1.165, 1.54) is 26.4 Å². The van der Waals surface area contributed by atoms with Crippen LogP contribution in [0.25, 0.3) is 0 Å². The van der Waals surface area contributed by atoms with Gasteiger partial charge in [-0.25, -0.2) is 0 Å². The number of carbonyl (C=O) groups is 2. The molecule has 1 aliphatic carbocycles. The molecule has 6 heteroatoms. The minimum Gasteiger partial charge on any atom is -0.493 e. The van der Waals surface area contributed by atoms with E-state index >= 15 is 0 Å². The van der Waals surface area contributed by atoms with Crippen LogP contribution in [0, 0.1) is 5.92 Å². The van der Waals surface area contributed by atoms with Gasteiger partial charge in [0.15, 0.2) is 11.5 Å². The Labute approximate surface area is 154 Å². The fraction of sp³-hybridized carbons (Fsp3) is 0.600. The fourth-order valence-electron chi connectivity index (χ4n) is 4.47. The molecule has 1 aromatic rings. The summed E-state index contributed by atoms with van der Waals surface area (Å²) in [6, 6.07) is 5.58. The van der Waals surface area contributed by atoms with Gasteiger partial charge in [-0.05, 0) is 50.3 Å². The average Bonchev–Trinajstić information content (AvgIpc) is 3.00. The predicted octanol–water partition coefficient (Wildman–Crippen LogP) is 2.61. The van der Waals surface area contributed by atoms with Crippen molar-refractivity contribution in [2.24, 2.45) is 5.92 Å². The van der Waals surface area contributed by atoms with E-state index in [1.54, 1.807) is 25.3 Å². The molecule has 2 fully saturated rings. The number of amides is 2. The SMILES string of the molecule is COc1ccc(C(=O)NCC(=O)N2[C@H](C)C[C@H]3CCCC[C@H]32)cc1OC. The van der Waals surface area contributed by atoms with Gasteiger partial charge in [-0.1, -0.05) is 12.8 Å². The van der Waals surface area contributed by atoms with Crippen LogP contribution >= 0.6 is 0 Å². The van der Waals surface area contributed by atoms with Crippen molar-refractivity contribution < 1.29 is 19.1 Å². The third-order valence-electron chi connectivity index (χ3n) is 5.68. The molecule has 1 saturated heterocycles. The molecule has 0 radical (unpaired) electrons. The standard InChI is InChI=1S/C20H28N2O4/c1-13-10-14-6-4-5-7-16(14)22(13)19(23)12-21-20(24)15-8-9-17(25-2)18(11-15)26-3/h8-9,11,13-14,16H,4-7,10,12H2,1-3H3,(H,21,24)/t13-,14-,16-/m1/s1. The Kier molecular flexibility index (Phi) is 5.69. The summed E-state index contributed by atoms with van der Waals surface area (Å²) in [6.45, 7) is 2.15. The van der Waals surface area contributed by atoms with Crippen LogP contribution in [0.4, 0.5) is 0 Å². The Bertz CT molecular complexity index is 676. The van der Waals surface area contributed by atoms with Crippen molar-refractivity contribution in [2.45, 2.75) is 51.1 Å². The summed E-state index contributed by atoms with van der Waals surface area (Å²) in [4.78, 5) is 27.2. The van der Waals surface area contributed by atoms with Crippen LogP contribution < -0.4 is 14.8 Å². The van der Waals surface area contributed by atoms with E-state index in [0.717, 1.165) is 12.8 Å². The molecule has 1 heterocycles. The average molecular weight is 360 g/mol. The number of fused-ring (bicyclic) bond motifs is 1. The van der Waals surface area contributed by atoms with Gasteiger partial charge in [-0.2, -0.15) is 0 Å². The van der Waals surface area contributed by atoms with E-state index in [9.17, 15) is 9.59 Å². The topological polar surface area (TPSA) is 67.9 Å². The Hall–Kier alpha value is -2.24. The maximum atomic E-state index is 12.7. The number of rotatable bonds is 5. The van der Waals surface area contributed by atoms with E-state index in [2.05, 4.69) is 12.2 Å². The lowest BCUT2D eigenvalue weighted by Crippen LogP contribution is -2.47. The zero-order chi connectivity index (χ0) is 18.7. The van der Waals surface area contributed by atoms with Crippen molar-refractivity contribution in [3.05, 3.63) is 23.8 Å². The molecule has 2 aliphatic rings. The molecule has 0 spiro atoms. The van der Waals surface area contributed by atoms with E-state index in [-0.39, 0.29) is 24.4 Å². The summed E-state index contributed by atoms with van der Waals surface area (Å²) in [5.41, 5.74) is 0.445. The first-order chi connectivity index (χ1) is 12.5. The smallest absolute Gasteiger partial charge is 0.251 e. The van der Waals surface area contributed by atoms with E-state index in [1.807, 2.05) is 4.90 Å². The first-order valence-electron chi connectivity index (χ1n) is 9.36. The van der Waals surface area contributed by atoms with Crippen LogP contribution in [0.2, 0.25) is 0 Å². The van der Waals surface area contributed by atoms with Gasteiger partial charge < -0.3 is 19.7 Å². The predicted molar refractivity (Wildman–Crippen MR) is 98.6 cm³/mol. The minimum absolute atomic E-state index is 0.0146. The number of likely N-dealkylation sites (tertiary alicyclic amines) is 1. The van der Waals surface area contributed by atoms with Gasteiger partial charge in [-0.3, -0.25) is 9.59 Å². The molecular weight excluding hydrogens is 332 g/mol. The Morgan fingerprint density at radius 1 is 1.15 bits per heavy atom. The summed E-state index contributed by atoms with van der Waals surface area (Å²) >= 11 is 0. The molecule has 26 heavy (non-hydrogen) atoms. The Morgan fingerprint density at radius 3 is 2.62 bits per heavy atom. The third kappa shape index (κ3) is 3.64. The number of ether oxygens (including phenoxy) is 2. The maximum absolute atomic E-state index is 12.7. The summed E-state index contributed by atoms with van der Waals surface area (Å²) in [6.07, 6.45) is 5.85. The van der Waals surface area contributed by atoms with Crippen LogP contribution in [0.3, 0.4) is 0 Å². The van der Waals surface area contributed by atoms with Crippen LogP contribution in [0.15, 0.2) is 18.2 Å². The highest BCUT2D eigenvalue weighted by Gasteiger charge is 2.42. The number of hydrogen-bond acceptors (Lipinski definition) is 4. The zero-order valence-electron chi connectivity index (χ0n) is 15.8. The molecule has 0 aromatic heterocycles. The largest absolute Gasteiger partial charge is 0.493 e. The second-order valence-corrected chi connectivity index (χ2v) is 7.25. The number of benzene rings is 1. The molecule has 1 N–H and O–H groups in total.